The molecule has 2 aliphatic rings. The van der Waals surface area contributed by atoms with Gasteiger partial charge in [-0.15, -0.1) is 0 Å². The van der Waals surface area contributed by atoms with Crippen LogP contribution in [-0.4, -0.2) is 35.0 Å². The van der Waals surface area contributed by atoms with Gasteiger partial charge in [-0.3, -0.25) is 9.78 Å². The number of benzene rings is 1. The lowest BCUT2D eigenvalue weighted by Crippen LogP contribution is -2.65. The van der Waals surface area contributed by atoms with Gasteiger partial charge in [-0.05, 0) is 43.0 Å². The zero-order valence-electron chi connectivity index (χ0n) is 16.6. The van der Waals surface area contributed by atoms with Crippen molar-refractivity contribution in [2.45, 2.75) is 38.1 Å². The highest BCUT2D eigenvalue weighted by Crippen LogP contribution is 2.39. The minimum Gasteiger partial charge on any atom is -0.354 e. The highest BCUT2D eigenvalue weighted by Gasteiger charge is 2.50. The van der Waals surface area contributed by atoms with E-state index < -0.39 is 5.41 Å². The van der Waals surface area contributed by atoms with Crippen LogP contribution in [0.1, 0.15) is 31.2 Å². The van der Waals surface area contributed by atoms with Crippen molar-refractivity contribution in [2.24, 2.45) is 5.41 Å². The first kappa shape index (κ1) is 18.1. The number of rotatable bonds is 5. The number of anilines is 1. The normalized spacial score (nSPS) is 18.6. The van der Waals surface area contributed by atoms with E-state index in [1.54, 1.807) is 12.4 Å². The number of pyridine rings is 2. The van der Waals surface area contributed by atoms with Gasteiger partial charge >= 0.3 is 0 Å². The van der Waals surface area contributed by atoms with Gasteiger partial charge in [-0.2, -0.15) is 0 Å². The Morgan fingerprint density at radius 2 is 1.79 bits per heavy atom. The second kappa shape index (κ2) is 7.47. The summed E-state index contributed by atoms with van der Waals surface area (Å²) in [7, 11) is 0. The molecule has 0 radical (unpaired) electrons. The number of hydrogen-bond donors (Lipinski definition) is 1. The van der Waals surface area contributed by atoms with Gasteiger partial charge < -0.3 is 10.2 Å². The summed E-state index contributed by atoms with van der Waals surface area (Å²) < 4.78 is 0. The van der Waals surface area contributed by atoms with Crippen LogP contribution >= 0.6 is 0 Å². The number of aromatic nitrogens is 2. The van der Waals surface area contributed by atoms with Crippen LogP contribution in [0, 0.1) is 5.41 Å². The predicted octanol–water partition coefficient (Wildman–Crippen LogP) is 3.74. The van der Waals surface area contributed by atoms with Crippen LogP contribution < -0.4 is 10.2 Å². The van der Waals surface area contributed by atoms with E-state index in [-0.39, 0.29) is 5.91 Å². The summed E-state index contributed by atoms with van der Waals surface area (Å²) in [4.78, 5) is 24.7. The molecule has 2 aromatic heterocycles. The van der Waals surface area contributed by atoms with Gasteiger partial charge in [0.2, 0.25) is 5.91 Å². The fraction of sp³-hybridized carbons (Fsp3) is 0.375. The van der Waals surface area contributed by atoms with E-state index >= 15 is 0 Å². The molecule has 0 bridgehead atoms. The maximum Gasteiger partial charge on any atom is 0.230 e. The average molecular weight is 386 g/mol. The van der Waals surface area contributed by atoms with Crippen molar-refractivity contribution in [3.05, 3.63) is 66.5 Å². The maximum absolute atomic E-state index is 13.4. The molecule has 0 atom stereocenters. The van der Waals surface area contributed by atoms with Gasteiger partial charge in [-0.25, -0.2) is 4.98 Å². The first-order valence-electron chi connectivity index (χ1n) is 10.5. The molecule has 1 aromatic carbocycles. The lowest BCUT2D eigenvalue weighted by atomic mass is 9.73. The van der Waals surface area contributed by atoms with E-state index in [2.05, 4.69) is 38.4 Å². The molecule has 1 saturated heterocycles. The highest BCUT2D eigenvalue weighted by atomic mass is 16.2. The first-order chi connectivity index (χ1) is 14.2. The summed E-state index contributed by atoms with van der Waals surface area (Å²) in [5.74, 6) is 1.12. The second-order valence-corrected chi connectivity index (χ2v) is 8.46. The lowest BCUT2D eigenvalue weighted by molar-refractivity contribution is -0.133. The third-order valence-corrected chi connectivity index (χ3v) is 6.35. The van der Waals surface area contributed by atoms with Crippen molar-refractivity contribution >= 4 is 22.6 Å². The second-order valence-electron chi connectivity index (χ2n) is 8.46. The van der Waals surface area contributed by atoms with E-state index in [1.807, 2.05) is 30.3 Å². The molecule has 1 aliphatic heterocycles. The van der Waals surface area contributed by atoms with Gasteiger partial charge in [0.15, 0.2) is 0 Å². The number of carbonyl (C=O) groups excluding carboxylic acids is 1. The number of amides is 1. The Morgan fingerprint density at radius 1 is 1.00 bits per heavy atom. The molecule has 1 N–H and O–H groups in total. The molecular weight excluding hydrogens is 360 g/mol. The van der Waals surface area contributed by atoms with E-state index in [0.29, 0.717) is 19.1 Å². The zero-order chi connectivity index (χ0) is 19.7. The van der Waals surface area contributed by atoms with Crippen molar-refractivity contribution in [1.29, 1.82) is 0 Å². The summed E-state index contributed by atoms with van der Waals surface area (Å²) in [5.41, 5.74) is 1.74. The lowest BCUT2D eigenvalue weighted by Gasteiger charge is -2.50. The zero-order valence-corrected chi connectivity index (χ0v) is 16.6. The Morgan fingerprint density at radius 3 is 2.59 bits per heavy atom. The SMILES string of the molecule is O=C(NC1CCCC1)C1(Cc2ccccc2)CN(c2nccc3ncccc23)C1. The summed E-state index contributed by atoms with van der Waals surface area (Å²) in [6.07, 6.45) is 9.01. The molecular formula is C24H26N4O. The summed E-state index contributed by atoms with van der Waals surface area (Å²) in [6.45, 7) is 1.36. The van der Waals surface area contributed by atoms with Gasteiger partial charge in [0, 0.05) is 36.9 Å². The molecule has 3 aromatic rings. The van der Waals surface area contributed by atoms with Crippen molar-refractivity contribution in [1.82, 2.24) is 15.3 Å². The first-order valence-corrected chi connectivity index (χ1v) is 10.5. The number of hydrogen-bond acceptors (Lipinski definition) is 4. The number of carbonyl (C=O) groups is 1. The van der Waals surface area contributed by atoms with E-state index in [9.17, 15) is 4.79 Å². The maximum atomic E-state index is 13.4. The topological polar surface area (TPSA) is 58.1 Å². The van der Waals surface area contributed by atoms with Gasteiger partial charge in [0.1, 0.15) is 5.82 Å². The Balaban J connectivity index is 1.41. The smallest absolute Gasteiger partial charge is 0.230 e. The van der Waals surface area contributed by atoms with Gasteiger partial charge in [0.05, 0.1) is 10.9 Å². The van der Waals surface area contributed by atoms with Crippen LogP contribution in [0.3, 0.4) is 0 Å². The predicted molar refractivity (Wildman–Crippen MR) is 115 cm³/mol. The number of nitrogens with zero attached hydrogens (tertiary/aromatic N) is 3. The molecule has 5 rings (SSSR count). The van der Waals surface area contributed by atoms with Crippen LogP contribution in [0.5, 0.6) is 0 Å². The molecule has 0 spiro atoms. The van der Waals surface area contributed by atoms with Crippen LogP contribution in [-0.2, 0) is 11.2 Å². The molecule has 148 valence electrons. The molecule has 1 amide bonds. The average Bonchev–Trinajstić information content (AvgIpc) is 3.24. The van der Waals surface area contributed by atoms with Crippen molar-refractivity contribution in [2.75, 3.05) is 18.0 Å². The Hall–Kier alpha value is -2.95. The van der Waals surface area contributed by atoms with Crippen molar-refractivity contribution in [3.8, 4) is 0 Å². The summed E-state index contributed by atoms with van der Waals surface area (Å²) in [6, 6.07) is 16.6. The van der Waals surface area contributed by atoms with E-state index in [0.717, 1.165) is 36.0 Å². The fourth-order valence-electron chi connectivity index (χ4n) is 4.80. The highest BCUT2D eigenvalue weighted by molar-refractivity contribution is 5.92. The third kappa shape index (κ3) is 3.46. The molecule has 29 heavy (non-hydrogen) atoms. The van der Waals surface area contributed by atoms with Crippen LogP contribution in [0.15, 0.2) is 60.9 Å². The van der Waals surface area contributed by atoms with Crippen LogP contribution in [0.25, 0.3) is 10.9 Å². The quantitative estimate of drug-likeness (QED) is 0.726. The Kier molecular flexibility index (Phi) is 4.66. The molecule has 5 nitrogen and oxygen atoms in total. The largest absolute Gasteiger partial charge is 0.354 e. The fourth-order valence-corrected chi connectivity index (χ4v) is 4.80. The standard InChI is InChI=1S/C24H26N4O/c29-23(27-19-9-4-5-10-19)24(15-18-7-2-1-3-8-18)16-28(17-24)22-20-11-6-13-25-21(20)12-14-26-22/h1-3,6-8,11-14,19H,4-5,9-10,15-17H2,(H,27,29). The van der Waals surface area contributed by atoms with Gasteiger partial charge in [-0.1, -0.05) is 43.2 Å². The van der Waals surface area contributed by atoms with Gasteiger partial charge in [0.25, 0.3) is 0 Å². The van der Waals surface area contributed by atoms with Crippen LogP contribution in [0.2, 0.25) is 0 Å². The van der Waals surface area contributed by atoms with Crippen molar-refractivity contribution < 1.29 is 4.79 Å². The van der Waals surface area contributed by atoms with E-state index in [1.165, 1.54) is 18.4 Å². The Labute approximate surface area is 171 Å². The van der Waals surface area contributed by atoms with Crippen LogP contribution in [0.4, 0.5) is 5.82 Å². The summed E-state index contributed by atoms with van der Waals surface area (Å²) >= 11 is 0. The minimum atomic E-state index is -0.407. The van der Waals surface area contributed by atoms with Crippen molar-refractivity contribution in [3.63, 3.8) is 0 Å². The molecule has 1 aliphatic carbocycles. The van der Waals surface area contributed by atoms with E-state index in [4.69, 9.17) is 0 Å². The monoisotopic (exact) mass is 386 g/mol. The number of nitrogens with one attached hydrogen (secondary N) is 1. The molecule has 5 heteroatoms. The third-order valence-electron chi connectivity index (χ3n) is 6.35. The molecule has 2 fully saturated rings. The minimum absolute atomic E-state index is 0.197. The Bertz CT molecular complexity index is 1000. The molecule has 1 saturated carbocycles. The molecule has 0 unspecified atom stereocenters. The summed E-state index contributed by atoms with van der Waals surface area (Å²) in [5, 5.41) is 4.39. The number of fused-ring (bicyclic) bond motifs is 1. The molecule has 3 heterocycles.